The Morgan fingerprint density at radius 3 is 2.29 bits per heavy atom. The summed E-state index contributed by atoms with van der Waals surface area (Å²) in [6.45, 7) is 0.379. The second kappa shape index (κ2) is 5.85. The molecule has 108 valence electrons. The van der Waals surface area contributed by atoms with Gasteiger partial charge >= 0.3 is 6.18 Å². The van der Waals surface area contributed by atoms with Gasteiger partial charge in [0.25, 0.3) is 0 Å². The standard InChI is InChI=1S/C15H11F3N2O/c16-15(17,18)12-3-6-14(11(7-12)9-20)21-13-4-1-10(8-19)2-5-13/h1-7H,8,19H2. The molecule has 21 heavy (non-hydrogen) atoms. The van der Waals surface area contributed by atoms with Gasteiger partial charge in [0.1, 0.15) is 17.6 Å². The zero-order chi connectivity index (χ0) is 15.5. The van der Waals surface area contributed by atoms with Crippen LogP contribution in [0.4, 0.5) is 13.2 Å². The highest BCUT2D eigenvalue weighted by atomic mass is 19.4. The fraction of sp³-hybridized carbons (Fsp3) is 0.133. The maximum Gasteiger partial charge on any atom is 0.416 e. The summed E-state index contributed by atoms with van der Waals surface area (Å²) in [6, 6.07) is 11.3. The van der Waals surface area contributed by atoms with Crippen LogP contribution >= 0.6 is 0 Å². The molecule has 6 heteroatoms. The molecule has 0 fully saturated rings. The molecule has 0 amide bonds. The molecule has 0 aliphatic rings. The van der Waals surface area contributed by atoms with E-state index in [0.717, 1.165) is 23.8 Å². The van der Waals surface area contributed by atoms with Gasteiger partial charge in [0.15, 0.2) is 0 Å². The van der Waals surface area contributed by atoms with Gasteiger partial charge in [0, 0.05) is 6.54 Å². The number of benzene rings is 2. The molecule has 2 rings (SSSR count). The molecular formula is C15H11F3N2O. The summed E-state index contributed by atoms with van der Waals surface area (Å²) in [5, 5.41) is 8.95. The lowest BCUT2D eigenvalue weighted by molar-refractivity contribution is -0.137. The molecule has 0 aliphatic carbocycles. The monoisotopic (exact) mass is 292 g/mol. The quantitative estimate of drug-likeness (QED) is 0.935. The molecule has 2 N–H and O–H groups in total. The van der Waals surface area contributed by atoms with E-state index in [-0.39, 0.29) is 11.3 Å². The molecule has 2 aromatic carbocycles. The molecule has 0 saturated carbocycles. The Hall–Kier alpha value is -2.52. The molecule has 0 bridgehead atoms. The van der Waals surface area contributed by atoms with Crippen molar-refractivity contribution in [2.75, 3.05) is 0 Å². The van der Waals surface area contributed by atoms with E-state index >= 15 is 0 Å². The summed E-state index contributed by atoms with van der Waals surface area (Å²) in [5.74, 6) is 0.495. The van der Waals surface area contributed by atoms with E-state index in [4.69, 9.17) is 15.7 Å². The van der Waals surface area contributed by atoms with Crippen LogP contribution in [0.2, 0.25) is 0 Å². The summed E-state index contributed by atoms with van der Waals surface area (Å²) in [5.41, 5.74) is 5.31. The largest absolute Gasteiger partial charge is 0.456 e. The summed E-state index contributed by atoms with van der Waals surface area (Å²) < 4.78 is 43.2. The number of ether oxygens (including phenoxy) is 1. The second-order valence-corrected chi connectivity index (χ2v) is 4.27. The zero-order valence-corrected chi connectivity index (χ0v) is 10.8. The average molecular weight is 292 g/mol. The number of rotatable bonds is 3. The Labute approximate surface area is 119 Å². The van der Waals surface area contributed by atoms with Crippen LogP contribution in [0.5, 0.6) is 11.5 Å². The van der Waals surface area contributed by atoms with Crippen LogP contribution in [0.1, 0.15) is 16.7 Å². The molecule has 3 nitrogen and oxygen atoms in total. The number of alkyl halides is 3. The van der Waals surface area contributed by atoms with Gasteiger partial charge in [-0.3, -0.25) is 0 Å². The summed E-state index contributed by atoms with van der Waals surface area (Å²) in [7, 11) is 0. The van der Waals surface area contributed by atoms with E-state index in [1.165, 1.54) is 0 Å². The van der Waals surface area contributed by atoms with Crippen molar-refractivity contribution < 1.29 is 17.9 Å². The Morgan fingerprint density at radius 2 is 1.76 bits per heavy atom. The van der Waals surface area contributed by atoms with Crippen molar-refractivity contribution in [3.05, 3.63) is 59.2 Å². The number of halogens is 3. The molecule has 2 aromatic rings. The van der Waals surface area contributed by atoms with Crippen molar-refractivity contribution in [1.29, 1.82) is 5.26 Å². The first-order valence-electron chi connectivity index (χ1n) is 6.02. The molecule has 0 aromatic heterocycles. The number of nitrogens with zero attached hydrogens (tertiary/aromatic N) is 1. The van der Waals surface area contributed by atoms with E-state index in [0.29, 0.717) is 12.3 Å². The topological polar surface area (TPSA) is 59.0 Å². The van der Waals surface area contributed by atoms with Crippen LogP contribution in [0.15, 0.2) is 42.5 Å². The van der Waals surface area contributed by atoms with Crippen LogP contribution < -0.4 is 10.5 Å². The smallest absolute Gasteiger partial charge is 0.416 e. The van der Waals surface area contributed by atoms with Gasteiger partial charge in [-0.05, 0) is 35.9 Å². The molecule has 0 heterocycles. The third-order valence-corrected chi connectivity index (χ3v) is 2.81. The minimum absolute atomic E-state index is 0.0750. The Bertz CT molecular complexity index is 673. The van der Waals surface area contributed by atoms with Gasteiger partial charge in [-0.15, -0.1) is 0 Å². The maximum absolute atomic E-state index is 12.6. The fourth-order valence-corrected chi connectivity index (χ4v) is 1.70. The van der Waals surface area contributed by atoms with Crippen molar-refractivity contribution in [2.45, 2.75) is 12.7 Å². The van der Waals surface area contributed by atoms with Crippen LogP contribution in [0.25, 0.3) is 0 Å². The first kappa shape index (κ1) is 14.9. The predicted octanol–water partition coefficient (Wildman–Crippen LogP) is 3.83. The Morgan fingerprint density at radius 1 is 1.10 bits per heavy atom. The van der Waals surface area contributed by atoms with Crippen LogP contribution in [-0.2, 0) is 12.7 Å². The molecule has 0 unspecified atom stereocenters. The van der Waals surface area contributed by atoms with E-state index in [1.807, 2.05) is 0 Å². The normalized spacial score (nSPS) is 11.0. The summed E-state index contributed by atoms with van der Waals surface area (Å²) in [6.07, 6.45) is -4.49. The third kappa shape index (κ3) is 3.52. The highest BCUT2D eigenvalue weighted by Crippen LogP contribution is 2.33. The number of hydrogen-bond donors (Lipinski definition) is 1. The minimum atomic E-state index is -4.49. The highest BCUT2D eigenvalue weighted by Gasteiger charge is 2.31. The second-order valence-electron chi connectivity index (χ2n) is 4.27. The van der Waals surface area contributed by atoms with Crippen molar-refractivity contribution >= 4 is 0 Å². The van der Waals surface area contributed by atoms with Crippen LogP contribution in [-0.4, -0.2) is 0 Å². The van der Waals surface area contributed by atoms with Crippen LogP contribution in [0.3, 0.4) is 0 Å². The predicted molar refractivity (Wildman–Crippen MR) is 70.6 cm³/mol. The van der Waals surface area contributed by atoms with Gasteiger partial charge in [-0.25, -0.2) is 0 Å². The van der Waals surface area contributed by atoms with Crippen molar-refractivity contribution in [2.24, 2.45) is 5.73 Å². The number of nitrogens with two attached hydrogens (primary N) is 1. The summed E-state index contributed by atoms with van der Waals surface area (Å²) in [4.78, 5) is 0. The van der Waals surface area contributed by atoms with Gasteiger partial charge in [-0.1, -0.05) is 12.1 Å². The first-order valence-corrected chi connectivity index (χ1v) is 6.02. The molecule has 0 atom stereocenters. The van der Waals surface area contributed by atoms with E-state index < -0.39 is 11.7 Å². The van der Waals surface area contributed by atoms with E-state index in [1.54, 1.807) is 30.3 Å². The minimum Gasteiger partial charge on any atom is -0.456 e. The molecule has 0 radical (unpaired) electrons. The first-order chi connectivity index (χ1) is 9.94. The van der Waals surface area contributed by atoms with E-state index in [2.05, 4.69) is 0 Å². The third-order valence-electron chi connectivity index (χ3n) is 2.81. The number of nitriles is 1. The van der Waals surface area contributed by atoms with Crippen molar-refractivity contribution in [3.8, 4) is 17.6 Å². The van der Waals surface area contributed by atoms with Crippen molar-refractivity contribution in [3.63, 3.8) is 0 Å². The van der Waals surface area contributed by atoms with Gasteiger partial charge in [-0.2, -0.15) is 18.4 Å². The molecular weight excluding hydrogens is 281 g/mol. The van der Waals surface area contributed by atoms with Gasteiger partial charge < -0.3 is 10.5 Å². The lowest BCUT2D eigenvalue weighted by atomic mass is 10.1. The molecule has 0 aliphatic heterocycles. The molecule has 0 spiro atoms. The highest BCUT2D eigenvalue weighted by molar-refractivity contribution is 5.48. The Kier molecular flexibility index (Phi) is 4.15. The summed E-state index contributed by atoms with van der Waals surface area (Å²) >= 11 is 0. The molecule has 0 saturated heterocycles. The van der Waals surface area contributed by atoms with Gasteiger partial charge in [0.05, 0.1) is 11.1 Å². The van der Waals surface area contributed by atoms with E-state index in [9.17, 15) is 13.2 Å². The van der Waals surface area contributed by atoms with Crippen LogP contribution in [0, 0.1) is 11.3 Å². The van der Waals surface area contributed by atoms with Gasteiger partial charge in [0.2, 0.25) is 0 Å². The zero-order valence-electron chi connectivity index (χ0n) is 10.8. The maximum atomic E-state index is 12.6. The fourth-order valence-electron chi connectivity index (χ4n) is 1.70. The lowest BCUT2D eigenvalue weighted by Gasteiger charge is -2.11. The SMILES string of the molecule is N#Cc1cc(C(F)(F)F)ccc1Oc1ccc(CN)cc1. The Balaban J connectivity index is 2.29. The average Bonchev–Trinajstić information content (AvgIpc) is 2.47. The number of hydrogen-bond acceptors (Lipinski definition) is 3. The lowest BCUT2D eigenvalue weighted by Crippen LogP contribution is -2.05. The van der Waals surface area contributed by atoms with Crippen molar-refractivity contribution in [1.82, 2.24) is 0 Å².